The van der Waals surface area contributed by atoms with Gasteiger partial charge in [-0.05, 0) is 33.1 Å². The number of nitrogens with one attached hydrogen (secondary N) is 1. The highest BCUT2D eigenvalue weighted by Crippen LogP contribution is 2.38. The number of aliphatic hydroxyl groups is 1. The lowest BCUT2D eigenvalue weighted by molar-refractivity contribution is -0.00578. The van der Waals surface area contributed by atoms with Gasteiger partial charge >= 0.3 is 0 Å². The van der Waals surface area contributed by atoms with Crippen LogP contribution in [0.5, 0.6) is 0 Å². The van der Waals surface area contributed by atoms with Crippen LogP contribution < -0.4 is 11.1 Å². The molecule has 0 heterocycles. The summed E-state index contributed by atoms with van der Waals surface area (Å²) in [4.78, 5) is 0. The molecule has 0 aromatic rings. The molecule has 0 bridgehead atoms. The molecule has 3 heteroatoms. The van der Waals surface area contributed by atoms with Crippen molar-refractivity contribution in [2.75, 3.05) is 13.1 Å². The highest BCUT2D eigenvalue weighted by molar-refractivity contribution is 5.04. The second-order valence-electron chi connectivity index (χ2n) is 4.17. The fourth-order valence-electron chi connectivity index (χ4n) is 1.96. The fraction of sp³-hybridized carbons (Fsp3) is 1.00. The first-order valence-electron chi connectivity index (χ1n) is 4.69. The molecule has 0 radical (unpaired) electrons. The van der Waals surface area contributed by atoms with E-state index >= 15 is 0 Å². The van der Waals surface area contributed by atoms with Crippen LogP contribution in [0, 0.1) is 0 Å². The van der Waals surface area contributed by atoms with Crippen molar-refractivity contribution < 1.29 is 5.11 Å². The van der Waals surface area contributed by atoms with Gasteiger partial charge in [-0.1, -0.05) is 0 Å². The molecule has 0 aromatic carbocycles. The zero-order valence-electron chi connectivity index (χ0n) is 8.06. The first-order chi connectivity index (χ1) is 5.52. The molecule has 0 spiro atoms. The minimum Gasteiger partial charge on any atom is -0.388 e. The summed E-state index contributed by atoms with van der Waals surface area (Å²) in [6.45, 7) is 5.40. The minimum atomic E-state index is -0.567. The van der Waals surface area contributed by atoms with Gasteiger partial charge in [0, 0.05) is 18.6 Å². The Morgan fingerprint density at radius 1 is 1.42 bits per heavy atom. The summed E-state index contributed by atoms with van der Waals surface area (Å²) >= 11 is 0. The molecule has 0 saturated heterocycles. The molecule has 0 aliphatic heterocycles. The predicted molar refractivity (Wildman–Crippen MR) is 49.9 cm³/mol. The van der Waals surface area contributed by atoms with E-state index in [-0.39, 0.29) is 5.54 Å². The summed E-state index contributed by atoms with van der Waals surface area (Å²) in [6, 6.07) is 0. The van der Waals surface area contributed by atoms with Crippen LogP contribution in [0.25, 0.3) is 0 Å². The maximum atomic E-state index is 10.0. The summed E-state index contributed by atoms with van der Waals surface area (Å²) in [6.07, 6.45) is 3.03. The molecule has 4 N–H and O–H groups in total. The van der Waals surface area contributed by atoms with Crippen LogP contribution in [-0.4, -0.2) is 29.3 Å². The molecule has 1 aliphatic rings. The second kappa shape index (κ2) is 3.32. The Morgan fingerprint density at radius 3 is 2.50 bits per heavy atom. The van der Waals surface area contributed by atoms with E-state index < -0.39 is 5.60 Å². The van der Waals surface area contributed by atoms with Crippen LogP contribution in [0.1, 0.15) is 33.1 Å². The third kappa shape index (κ3) is 1.63. The van der Waals surface area contributed by atoms with Gasteiger partial charge in [0.15, 0.2) is 0 Å². The zero-order chi connectivity index (χ0) is 9.24. The standard InChI is InChI=1S/C9H20N2O/c1-8(11-7-6-10)4-3-5-9(8,2)12/h11-12H,3-7,10H2,1-2H3. The van der Waals surface area contributed by atoms with E-state index in [0.29, 0.717) is 6.54 Å². The third-order valence-corrected chi connectivity index (χ3v) is 3.19. The molecule has 1 rings (SSSR count). The number of hydrogen-bond donors (Lipinski definition) is 3. The molecule has 3 nitrogen and oxygen atoms in total. The van der Waals surface area contributed by atoms with Crippen LogP contribution in [0.3, 0.4) is 0 Å². The smallest absolute Gasteiger partial charge is 0.0797 e. The molecular formula is C9H20N2O. The summed E-state index contributed by atoms with van der Waals surface area (Å²) < 4.78 is 0. The highest BCUT2D eigenvalue weighted by Gasteiger charge is 2.46. The minimum absolute atomic E-state index is 0.133. The lowest BCUT2D eigenvalue weighted by Crippen LogP contribution is -2.56. The van der Waals surface area contributed by atoms with Crippen molar-refractivity contribution >= 4 is 0 Å². The van der Waals surface area contributed by atoms with E-state index in [2.05, 4.69) is 12.2 Å². The van der Waals surface area contributed by atoms with Gasteiger partial charge in [-0.3, -0.25) is 0 Å². The number of rotatable bonds is 3. The summed E-state index contributed by atoms with van der Waals surface area (Å²) in [5.41, 5.74) is 4.71. The van der Waals surface area contributed by atoms with E-state index in [4.69, 9.17) is 5.73 Å². The second-order valence-corrected chi connectivity index (χ2v) is 4.17. The summed E-state index contributed by atoms with van der Waals surface area (Å²) in [7, 11) is 0. The maximum absolute atomic E-state index is 10.0. The number of hydrogen-bond acceptors (Lipinski definition) is 3. The van der Waals surface area contributed by atoms with Crippen molar-refractivity contribution in [2.24, 2.45) is 5.73 Å². The van der Waals surface area contributed by atoms with Crippen LogP contribution in [-0.2, 0) is 0 Å². The Morgan fingerprint density at radius 2 is 2.08 bits per heavy atom. The van der Waals surface area contributed by atoms with Gasteiger partial charge in [-0.2, -0.15) is 0 Å². The van der Waals surface area contributed by atoms with Gasteiger partial charge in [-0.25, -0.2) is 0 Å². The largest absolute Gasteiger partial charge is 0.388 e. The van der Waals surface area contributed by atoms with E-state index in [1.54, 1.807) is 0 Å². The third-order valence-electron chi connectivity index (χ3n) is 3.19. The maximum Gasteiger partial charge on any atom is 0.0797 e. The Balaban J connectivity index is 2.56. The van der Waals surface area contributed by atoms with Crippen LogP contribution in [0.2, 0.25) is 0 Å². The average Bonchev–Trinajstić information content (AvgIpc) is 2.24. The molecule has 0 aromatic heterocycles. The first-order valence-corrected chi connectivity index (χ1v) is 4.69. The Bertz CT molecular complexity index is 159. The average molecular weight is 172 g/mol. The predicted octanol–water partition coefficient (Wildman–Crippen LogP) is 0.228. The van der Waals surface area contributed by atoms with Gasteiger partial charge < -0.3 is 16.2 Å². The van der Waals surface area contributed by atoms with Crippen molar-refractivity contribution in [3.63, 3.8) is 0 Å². The molecule has 1 fully saturated rings. The molecular weight excluding hydrogens is 152 g/mol. The van der Waals surface area contributed by atoms with Crippen molar-refractivity contribution in [2.45, 2.75) is 44.2 Å². The molecule has 12 heavy (non-hydrogen) atoms. The Kier molecular flexibility index (Phi) is 2.76. The summed E-state index contributed by atoms with van der Waals surface area (Å²) in [5, 5.41) is 13.4. The SMILES string of the molecule is CC1(O)CCCC1(C)NCCN. The van der Waals surface area contributed by atoms with Crippen molar-refractivity contribution in [3.8, 4) is 0 Å². The van der Waals surface area contributed by atoms with Gasteiger partial charge in [0.2, 0.25) is 0 Å². The van der Waals surface area contributed by atoms with Gasteiger partial charge in [0.05, 0.1) is 5.60 Å². The van der Waals surface area contributed by atoms with Crippen molar-refractivity contribution in [1.29, 1.82) is 0 Å². The van der Waals surface area contributed by atoms with E-state index in [9.17, 15) is 5.11 Å². The Hall–Kier alpha value is -0.120. The number of nitrogens with two attached hydrogens (primary N) is 1. The van der Waals surface area contributed by atoms with E-state index in [0.717, 1.165) is 25.8 Å². The molecule has 72 valence electrons. The van der Waals surface area contributed by atoms with Gasteiger partial charge in [0.1, 0.15) is 0 Å². The summed E-state index contributed by atoms with van der Waals surface area (Å²) in [5.74, 6) is 0. The molecule has 0 amide bonds. The molecule has 1 saturated carbocycles. The Labute approximate surface area is 74.3 Å². The topological polar surface area (TPSA) is 58.3 Å². The lowest BCUT2D eigenvalue weighted by Gasteiger charge is -2.37. The van der Waals surface area contributed by atoms with E-state index in [1.807, 2.05) is 6.92 Å². The van der Waals surface area contributed by atoms with Gasteiger partial charge in [-0.15, -0.1) is 0 Å². The van der Waals surface area contributed by atoms with Crippen molar-refractivity contribution in [3.05, 3.63) is 0 Å². The fourth-order valence-corrected chi connectivity index (χ4v) is 1.96. The zero-order valence-corrected chi connectivity index (χ0v) is 8.06. The quantitative estimate of drug-likeness (QED) is 0.571. The molecule has 2 unspecified atom stereocenters. The van der Waals surface area contributed by atoms with Crippen LogP contribution in [0.15, 0.2) is 0 Å². The van der Waals surface area contributed by atoms with Crippen molar-refractivity contribution in [1.82, 2.24) is 5.32 Å². The van der Waals surface area contributed by atoms with Crippen LogP contribution in [0.4, 0.5) is 0 Å². The van der Waals surface area contributed by atoms with Crippen LogP contribution >= 0.6 is 0 Å². The van der Waals surface area contributed by atoms with Gasteiger partial charge in [0.25, 0.3) is 0 Å². The normalized spacial score (nSPS) is 42.0. The monoisotopic (exact) mass is 172 g/mol. The molecule has 2 atom stereocenters. The highest BCUT2D eigenvalue weighted by atomic mass is 16.3. The molecule has 1 aliphatic carbocycles. The first kappa shape index (κ1) is 9.96. The lowest BCUT2D eigenvalue weighted by atomic mass is 9.86. The van der Waals surface area contributed by atoms with E-state index in [1.165, 1.54) is 0 Å².